The number of hydrogen-bond acceptors (Lipinski definition) is 1. The van der Waals surface area contributed by atoms with E-state index >= 15 is 0 Å². The summed E-state index contributed by atoms with van der Waals surface area (Å²) in [7, 11) is 0. The van der Waals surface area contributed by atoms with Crippen LogP contribution in [-0.2, 0) is 11.2 Å². The second kappa shape index (κ2) is 7.09. The Balaban J connectivity index is 1.86. The summed E-state index contributed by atoms with van der Waals surface area (Å²) in [6.45, 7) is 2.27. The zero-order chi connectivity index (χ0) is 17.1. The molecule has 0 aliphatic heterocycles. The highest BCUT2D eigenvalue weighted by Gasteiger charge is 2.26. The topological polar surface area (TPSA) is 36.1 Å². The van der Waals surface area contributed by atoms with Crippen molar-refractivity contribution >= 4 is 16.8 Å². The van der Waals surface area contributed by atoms with Gasteiger partial charge in [0.15, 0.2) is 0 Å². The fourth-order valence-corrected chi connectivity index (χ4v) is 3.75. The molecule has 1 N–H and O–H groups in total. The molecule has 0 radical (unpaired) electrons. The molecule has 1 aromatic carbocycles. The van der Waals surface area contributed by atoms with E-state index in [2.05, 4.69) is 10.9 Å². The first-order chi connectivity index (χ1) is 11.6. The van der Waals surface area contributed by atoms with Gasteiger partial charge in [-0.1, -0.05) is 25.2 Å². The Kier molecular flexibility index (Phi) is 4.89. The maximum absolute atomic E-state index is 13.6. The van der Waals surface area contributed by atoms with Gasteiger partial charge in [0, 0.05) is 22.6 Å². The van der Waals surface area contributed by atoms with E-state index in [1.165, 1.54) is 18.6 Å². The van der Waals surface area contributed by atoms with Crippen LogP contribution in [0.5, 0.6) is 0 Å². The molecule has 0 bridgehead atoms. The molecule has 0 unspecified atom stereocenters. The van der Waals surface area contributed by atoms with Gasteiger partial charge in [0.05, 0.1) is 13.0 Å². The Labute approximate surface area is 142 Å². The second-order valence-electron chi connectivity index (χ2n) is 6.61. The molecule has 3 rings (SSSR count). The third kappa shape index (κ3) is 3.31. The molecular weight excluding hydrogens is 303 g/mol. The van der Waals surface area contributed by atoms with Gasteiger partial charge in [-0.3, -0.25) is 4.79 Å². The highest BCUT2D eigenvalue weighted by Crippen LogP contribution is 2.26. The van der Waals surface area contributed by atoms with E-state index in [1.807, 2.05) is 11.8 Å². The number of nitrogens with zero attached hydrogens (tertiary/aromatic N) is 1. The first-order valence-electron chi connectivity index (χ1n) is 8.60. The summed E-state index contributed by atoms with van der Waals surface area (Å²) in [5.41, 5.74) is 2.64. The molecule has 1 heterocycles. The summed E-state index contributed by atoms with van der Waals surface area (Å²) < 4.78 is 13.6. The van der Waals surface area contributed by atoms with Crippen LogP contribution in [0.4, 0.5) is 4.39 Å². The van der Waals surface area contributed by atoms with Crippen molar-refractivity contribution in [3.8, 4) is 12.3 Å². The van der Waals surface area contributed by atoms with Crippen molar-refractivity contribution < 1.29 is 9.18 Å². The Morgan fingerprint density at radius 2 is 2.12 bits per heavy atom. The molecule has 1 aliphatic carbocycles. The molecule has 1 fully saturated rings. The minimum Gasteiger partial charge on any atom is -0.358 e. The average molecular weight is 326 g/mol. The summed E-state index contributed by atoms with van der Waals surface area (Å²) >= 11 is 0. The number of benzene rings is 1. The van der Waals surface area contributed by atoms with Crippen molar-refractivity contribution in [3.63, 3.8) is 0 Å². The quantitative estimate of drug-likeness (QED) is 0.849. The Morgan fingerprint density at radius 3 is 2.83 bits per heavy atom. The zero-order valence-electron chi connectivity index (χ0n) is 14.1. The number of terminal acetylenes is 1. The van der Waals surface area contributed by atoms with Crippen LogP contribution in [0.25, 0.3) is 10.9 Å². The lowest BCUT2D eigenvalue weighted by Crippen LogP contribution is -2.42. The number of aromatic nitrogens is 1. The largest absolute Gasteiger partial charge is 0.358 e. The third-order valence-electron chi connectivity index (χ3n) is 5.01. The van der Waals surface area contributed by atoms with Gasteiger partial charge in [-0.05, 0) is 43.5 Å². The maximum atomic E-state index is 13.6. The number of halogens is 1. The summed E-state index contributed by atoms with van der Waals surface area (Å²) in [6.07, 6.45) is 11.3. The number of hydrogen-bond donors (Lipinski definition) is 1. The van der Waals surface area contributed by atoms with Crippen LogP contribution in [0.15, 0.2) is 18.2 Å². The average Bonchev–Trinajstić information content (AvgIpc) is 2.88. The molecule has 0 atom stereocenters. The first-order valence-corrected chi connectivity index (χ1v) is 8.60. The minimum atomic E-state index is -0.289. The molecule has 0 spiro atoms. The van der Waals surface area contributed by atoms with Gasteiger partial charge in [0.2, 0.25) is 5.91 Å². The van der Waals surface area contributed by atoms with Gasteiger partial charge in [-0.15, -0.1) is 6.42 Å². The number of fused-ring (bicyclic) bond motifs is 1. The van der Waals surface area contributed by atoms with Crippen molar-refractivity contribution in [1.29, 1.82) is 0 Å². The van der Waals surface area contributed by atoms with Crippen molar-refractivity contribution in [2.75, 3.05) is 6.54 Å². The van der Waals surface area contributed by atoms with Gasteiger partial charge in [-0.2, -0.15) is 0 Å². The van der Waals surface area contributed by atoms with E-state index in [-0.39, 0.29) is 24.2 Å². The van der Waals surface area contributed by atoms with Crippen molar-refractivity contribution in [2.45, 2.75) is 51.5 Å². The Hall–Kier alpha value is -2.28. The summed E-state index contributed by atoms with van der Waals surface area (Å²) in [6, 6.07) is 4.88. The Bertz CT molecular complexity index is 781. The van der Waals surface area contributed by atoms with Crippen LogP contribution >= 0.6 is 0 Å². The Morgan fingerprint density at radius 1 is 1.38 bits per heavy atom. The van der Waals surface area contributed by atoms with Crippen LogP contribution in [0, 0.1) is 25.1 Å². The SMILES string of the molecule is C#CCN(C(=O)Cc1c(C)[nH]c2ccc(F)cc12)C1CCCCC1. The lowest BCUT2D eigenvalue weighted by molar-refractivity contribution is -0.132. The lowest BCUT2D eigenvalue weighted by Gasteiger charge is -2.33. The number of rotatable bonds is 4. The van der Waals surface area contributed by atoms with E-state index in [0.717, 1.165) is 47.8 Å². The first kappa shape index (κ1) is 16.6. The van der Waals surface area contributed by atoms with E-state index in [9.17, 15) is 9.18 Å². The van der Waals surface area contributed by atoms with Crippen molar-refractivity contribution in [2.24, 2.45) is 0 Å². The predicted octanol–water partition coefficient (Wildman–Crippen LogP) is 3.95. The maximum Gasteiger partial charge on any atom is 0.228 e. The molecule has 24 heavy (non-hydrogen) atoms. The van der Waals surface area contributed by atoms with Crippen LogP contribution in [0.1, 0.15) is 43.4 Å². The van der Waals surface area contributed by atoms with Gasteiger partial charge in [0.25, 0.3) is 0 Å². The third-order valence-corrected chi connectivity index (χ3v) is 5.01. The number of carbonyl (C=O) groups excluding carboxylic acids is 1. The number of nitrogens with one attached hydrogen (secondary N) is 1. The predicted molar refractivity (Wildman–Crippen MR) is 94.1 cm³/mol. The van der Waals surface area contributed by atoms with Crippen molar-refractivity contribution in [3.05, 3.63) is 35.3 Å². The monoisotopic (exact) mass is 326 g/mol. The number of carbonyl (C=O) groups is 1. The highest BCUT2D eigenvalue weighted by molar-refractivity contribution is 5.90. The smallest absolute Gasteiger partial charge is 0.228 e. The van der Waals surface area contributed by atoms with Crippen LogP contribution in [-0.4, -0.2) is 28.4 Å². The summed E-state index contributed by atoms with van der Waals surface area (Å²) in [4.78, 5) is 18.0. The number of aromatic amines is 1. The van der Waals surface area contributed by atoms with E-state index in [1.54, 1.807) is 6.07 Å². The van der Waals surface area contributed by atoms with E-state index < -0.39 is 0 Å². The number of H-pyrrole nitrogens is 1. The normalized spacial score (nSPS) is 15.4. The van der Waals surface area contributed by atoms with Gasteiger partial charge < -0.3 is 9.88 Å². The highest BCUT2D eigenvalue weighted by atomic mass is 19.1. The fourth-order valence-electron chi connectivity index (χ4n) is 3.75. The van der Waals surface area contributed by atoms with Crippen LogP contribution in [0.2, 0.25) is 0 Å². The number of aryl methyl sites for hydroxylation is 1. The summed E-state index contributed by atoms with van der Waals surface area (Å²) in [5.74, 6) is 2.37. The molecule has 3 nitrogen and oxygen atoms in total. The van der Waals surface area contributed by atoms with Gasteiger partial charge in [-0.25, -0.2) is 4.39 Å². The van der Waals surface area contributed by atoms with Gasteiger partial charge >= 0.3 is 0 Å². The number of amides is 1. The molecule has 4 heteroatoms. The minimum absolute atomic E-state index is 0.0353. The molecule has 1 amide bonds. The van der Waals surface area contributed by atoms with E-state index in [4.69, 9.17) is 6.42 Å². The molecule has 126 valence electrons. The molecule has 1 aromatic heterocycles. The molecule has 2 aromatic rings. The summed E-state index contributed by atoms with van der Waals surface area (Å²) in [5, 5.41) is 0.783. The zero-order valence-corrected chi connectivity index (χ0v) is 14.1. The van der Waals surface area contributed by atoms with Gasteiger partial charge in [0.1, 0.15) is 5.82 Å². The molecule has 1 aliphatic rings. The lowest BCUT2D eigenvalue weighted by atomic mass is 9.93. The van der Waals surface area contributed by atoms with E-state index in [0.29, 0.717) is 6.54 Å². The van der Waals surface area contributed by atoms with Crippen LogP contribution < -0.4 is 0 Å². The molecule has 0 saturated heterocycles. The van der Waals surface area contributed by atoms with Crippen LogP contribution in [0.3, 0.4) is 0 Å². The second-order valence-corrected chi connectivity index (χ2v) is 6.61. The van der Waals surface area contributed by atoms with Crippen molar-refractivity contribution in [1.82, 2.24) is 9.88 Å². The standard InChI is InChI=1S/C20H23FN2O/c1-3-11-23(16-7-5-4-6-8-16)20(24)13-17-14(2)22-19-10-9-15(21)12-18(17)19/h1,9-10,12,16,22H,4-8,11,13H2,2H3. The fraction of sp³-hybridized carbons (Fsp3) is 0.450. The molecular formula is C20H23FN2O. The molecule has 1 saturated carbocycles.